The first-order valence-electron chi connectivity index (χ1n) is 13.6. The number of amides is 1. The predicted octanol–water partition coefficient (Wildman–Crippen LogP) is 6.69. The van der Waals surface area contributed by atoms with Gasteiger partial charge < -0.3 is 14.8 Å². The second kappa shape index (κ2) is 10.8. The number of carbonyl (C=O) groups excluding carboxylic acids is 1. The van der Waals surface area contributed by atoms with Crippen molar-refractivity contribution in [3.05, 3.63) is 88.3 Å². The van der Waals surface area contributed by atoms with Gasteiger partial charge in [-0.3, -0.25) is 4.79 Å². The lowest BCUT2D eigenvalue weighted by atomic mass is 10.1. The van der Waals surface area contributed by atoms with Crippen LogP contribution in [0.1, 0.15) is 39.2 Å². The number of anilines is 1. The maximum atomic E-state index is 13.5. The first-order valence-corrected chi connectivity index (χ1v) is 16.7. The maximum Gasteiger partial charge on any atom is 0.256 e. The van der Waals surface area contributed by atoms with Gasteiger partial charge in [0.25, 0.3) is 5.91 Å². The van der Waals surface area contributed by atoms with Gasteiger partial charge in [0.1, 0.15) is 10.0 Å². The van der Waals surface area contributed by atoms with E-state index in [9.17, 15) is 13.2 Å². The quantitative estimate of drug-likeness (QED) is 0.219. The van der Waals surface area contributed by atoms with Crippen molar-refractivity contribution in [1.82, 2.24) is 9.29 Å². The third kappa shape index (κ3) is 4.96. The highest BCUT2D eigenvalue weighted by molar-refractivity contribution is 7.89. The summed E-state index contributed by atoms with van der Waals surface area (Å²) >= 11 is 3.12. The first kappa shape index (κ1) is 27.1. The molecule has 7 rings (SSSR count). The van der Waals surface area contributed by atoms with Gasteiger partial charge >= 0.3 is 0 Å². The fraction of sp³-hybridized carbons (Fsp3) is 0.226. The van der Waals surface area contributed by atoms with Crippen LogP contribution < -0.4 is 14.8 Å². The lowest BCUT2D eigenvalue weighted by Gasteiger charge is -2.15. The molecule has 1 amide bonds. The number of thiophene rings is 1. The van der Waals surface area contributed by atoms with Gasteiger partial charge in [-0.25, -0.2) is 13.4 Å². The minimum absolute atomic E-state index is 0.203. The number of hydrogen-bond donors (Lipinski definition) is 1. The lowest BCUT2D eigenvalue weighted by Crippen LogP contribution is -2.27. The zero-order valence-corrected chi connectivity index (χ0v) is 25.2. The molecule has 0 spiro atoms. The van der Waals surface area contributed by atoms with Crippen LogP contribution in [0.5, 0.6) is 11.5 Å². The number of thiazole rings is 1. The lowest BCUT2D eigenvalue weighted by molar-refractivity contribution is 0.102. The summed E-state index contributed by atoms with van der Waals surface area (Å²) in [7, 11) is -3.55. The van der Waals surface area contributed by atoms with Crippen LogP contribution in [-0.2, 0) is 16.4 Å². The summed E-state index contributed by atoms with van der Waals surface area (Å²) in [5, 5.41) is 4.66. The van der Waals surface area contributed by atoms with Crippen LogP contribution >= 0.6 is 22.7 Å². The maximum absolute atomic E-state index is 13.5. The van der Waals surface area contributed by atoms with Crippen LogP contribution in [0.2, 0.25) is 0 Å². The van der Waals surface area contributed by atoms with Gasteiger partial charge in [0.05, 0.1) is 15.1 Å². The van der Waals surface area contributed by atoms with Crippen molar-refractivity contribution in [2.75, 3.05) is 25.2 Å². The molecule has 0 radical (unpaired) electrons. The van der Waals surface area contributed by atoms with E-state index in [4.69, 9.17) is 14.5 Å². The Kier molecular flexibility index (Phi) is 6.97. The normalized spacial score (nSPS) is 15.0. The molecule has 0 saturated carbocycles. The molecule has 2 aliphatic heterocycles. The summed E-state index contributed by atoms with van der Waals surface area (Å²) in [4.78, 5) is 19.7. The van der Waals surface area contributed by atoms with Crippen LogP contribution in [0.15, 0.2) is 71.6 Å². The third-order valence-electron chi connectivity index (χ3n) is 7.60. The fourth-order valence-electron chi connectivity index (χ4n) is 5.32. The Morgan fingerprint density at radius 2 is 1.74 bits per heavy atom. The minimum atomic E-state index is -3.55. The van der Waals surface area contributed by atoms with Crippen molar-refractivity contribution in [2.45, 2.75) is 31.1 Å². The van der Waals surface area contributed by atoms with Crippen LogP contribution in [0, 0.1) is 6.92 Å². The molecular weight excluding hydrogens is 591 g/mol. The van der Waals surface area contributed by atoms with Gasteiger partial charge in [-0.1, -0.05) is 18.2 Å². The molecule has 1 N–H and O–H groups in total. The number of sulfonamides is 1. The summed E-state index contributed by atoms with van der Waals surface area (Å²) in [6, 6.07) is 20.1. The number of nitrogens with one attached hydrogen (secondary N) is 1. The van der Waals surface area contributed by atoms with Gasteiger partial charge in [0.15, 0.2) is 11.5 Å². The molecule has 0 atom stereocenters. The van der Waals surface area contributed by atoms with Crippen molar-refractivity contribution in [3.63, 3.8) is 0 Å². The zero-order valence-electron chi connectivity index (χ0n) is 22.8. The van der Waals surface area contributed by atoms with E-state index >= 15 is 0 Å². The van der Waals surface area contributed by atoms with E-state index in [-0.39, 0.29) is 17.6 Å². The molecule has 2 aliphatic rings. The van der Waals surface area contributed by atoms with Crippen LogP contribution in [0.3, 0.4) is 0 Å². The molecule has 42 heavy (non-hydrogen) atoms. The van der Waals surface area contributed by atoms with E-state index in [1.807, 2.05) is 42.5 Å². The van der Waals surface area contributed by atoms with Gasteiger partial charge in [-0.15, -0.1) is 22.7 Å². The molecule has 1 fully saturated rings. The molecule has 5 aromatic rings. The van der Waals surface area contributed by atoms with E-state index < -0.39 is 10.0 Å². The number of ether oxygens (including phenoxy) is 2. The number of fused-ring (bicyclic) bond motifs is 2. The molecule has 11 heteroatoms. The largest absolute Gasteiger partial charge is 0.454 e. The van der Waals surface area contributed by atoms with Crippen molar-refractivity contribution in [3.8, 4) is 22.1 Å². The molecule has 8 nitrogen and oxygen atoms in total. The van der Waals surface area contributed by atoms with Crippen LogP contribution in [0.4, 0.5) is 5.00 Å². The van der Waals surface area contributed by atoms with Crippen molar-refractivity contribution >= 4 is 53.8 Å². The number of benzene rings is 3. The summed E-state index contributed by atoms with van der Waals surface area (Å²) < 4.78 is 39.5. The Balaban J connectivity index is 1.21. The van der Waals surface area contributed by atoms with Crippen molar-refractivity contribution in [2.24, 2.45) is 0 Å². The van der Waals surface area contributed by atoms with Gasteiger partial charge in [0, 0.05) is 35.5 Å². The molecule has 3 aromatic carbocycles. The Morgan fingerprint density at radius 3 is 2.52 bits per heavy atom. The van der Waals surface area contributed by atoms with E-state index in [1.165, 1.54) is 27.8 Å². The van der Waals surface area contributed by atoms with E-state index in [1.54, 1.807) is 23.5 Å². The number of aromatic nitrogens is 1. The Hall–Kier alpha value is -3.77. The Labute approximate surface area is 251 Å². The molecule has 0 unspecified atom stereocenters. The molecule has 1 saturated heterocycles. The molecule has 0 bridgehead atoms. The number of carbonyl (C=O) groups is 1. The summed E-state index contributed by atoms with van der Waals surface area (Å²) in [6.07, 6.45) is 2.39. The molecule has 214 valence electrons. The zero-order chi connectivity index (χ0) is 28.8. The van der Waals surface area contributed by atoms with Crippen LogP contribution in [-0.4, -0.2) is 43.5 Å². The van der Waals surface area contributed by atoms with E-state index in [0.29, 0.717) is 30.1 Å². The van der Waals surface area contributed by atoms with Crippen molar-refractivity contribution in [1.29, 1.82) is 0 Å². The average Bonchev–Trinajstić information content (AvgIpc) is 3.80. The monoisotopic (exact) mass is 617 g/mol. The first-order chi connectivity index (χ1) is 20.4. The number of para-hydroxylation sites is 1. The van der Waals surface area contributed by atoms with Crippen molar-refractivity contribution < 1.29 is 22.7 Å². The van der Waals surface area contributed by atoms with Gasteiger partial charge in [-0.2, -0.15) is 4.31 Å². The number of nitrogens with zero attached hydrogens (tertiary/aromatic N) is 2. The van der Waals surface area contributed by atoms with Gasteiger partial charge in [0.2, 0.25) is 16.8 Å². The highest BCUT2D eigenvalue weighted by atomic mass is 32.2. The summed E-state index contributed by atoms with van der Waals surface area (Å²) in [5.41, 5.74) is 4.33. The standard InChI is InChI=1S/C31H27N3O5S3/c1-19-27(17-20-8-13-24-25(16-20)39-18-38-24)41-31(28(19)30-32-23-6-2-3-7-26(23)40-30)33-29(35)21-9-11-22(12-10-21)42(36,37)34-14-4-5-15-34/h2-3,6-13,16H,4-5,14-15,17-18H2,1H3,(H,33,35). The highest BCUT2D eigenvalue weighted by Gasteiger charge is 2.28. The smallest absolute Gasteiger partial charge is 0.256 e. The average molecular weight is 618 g/mol. The summed E-state index contributed by atoms with van der Waals surface area (Å²) in [5.74, 6) is 1.17. The molecular formula is C31H27N3O5S3. The van der Waals surface area contributed by atoms with E-state index in [0.717, 1.165) is 61.1 Å². The van der Waals surface area contributed by atoms with E-state index in [2.05, 4.69) is 12.2 Å². The topological polar surface area (TPSA) is 97.8 Å². The Morgan fingerprint density at radius 1 is 0.976 bits per heavy atom. The SMILES string of the molecule is Cc1c(Cc2ccc3c(c2)OCO3)sc(NC(=O)c2ccc(S(=O)(=O)N3CCCC3)cc2)c1-c1nc2ccccc2s1. The second-order valence-corrected chi connectivity index (χ2v) is 14.4. The predicted molar refractivity (Wildman–Crippen MR) is 165 cm³/mol. The molecule has 4 heterocycles. The molecule has 0 aliphatic carbocycles. The minimum Gasteiger partial charge on any atom is -0.454 e. The fourth-order valence-corrected chi connectivity index (χ4v) is 9.21. The Bertz CT molecular complexity index is 1890. The second-order valence-electron chi connectivity index (χ2n) is 10.3. The highest BCUT2D eigenvalue weighted by Crippen LogP contribution is 2.45. The van der Waals surface area contributed by atoms with Crippen LogP contribution in [0.25, 0.3) is 20.8 Å². The number of rotatable bonds is 7. The van der Waals surface area contributed by atoms with Gasteiger partial charge in [-0.05, 0) is 79.4 Å². The summed E-state index contributed by atoms with van der Waals surface area (Å²) in [6.45, 7) is 3.35. The number of hydrogen-bond acceptors (Lipinski definition) is 8. The molecule has 2 aromatic heterocycles. The third-order valence-corrected chi connectivity index (χ3v) is 11.8.